The molecule has 0 saturated heterocycles. The summed E-state index contributed by atoms with van der Waals surface area (Å²) < 4.78 is 32.4. The van der Waals surface area contributed by atoms with Gasteiger partial charge in [0, 0.05) is 15.5 Å². The summed E-state index contributed by atoms with van der Waals surface area (Å²) in [6.45, 7) is 0. The lowest BCUT2D eigenvalue weighted by atomic mass is 10.2. The smallest absolute Gasteiger partial charge is 0.294 e. The highest BCUT2D eigenvalue weighted by molar-refractivity contribution is 9.10. The van der Waals surface area contributed by atoms with Crippen molar-refractivity contribution in [3.05, 3.63) is 53.3 Å². The first-order valence-corrected chi connectivity index (χ1v) is 8.42. The molecule has 0 radical (unpaired) electrons. The monoisotopic (exact) mass is 379 g/mol. The second kappa shape index (κ2) is 5.64. The Morgan fingerprint density at radius 1 is 1.09 bits per heavy atom. The molecule has 0 bridgehead atoms. The Bertz CT molecular complexity index is 960. The third kappa shape index (κ3) is 3.08. The fourth-order valence-corrected chi connectivity index (χ4v) is 2.89. The van der Waals surface area contributed by atoms with Gasteiger partial charge >= 0.3 is 0 Å². The van der Waals surface area contributed by atoms with Crippen LogP contribution in [0.1, 0.15) is 0 Å². The number of fused-ring (bicyclic) bond motifs is 1. The zero-order valence-electron chi connectivity index (χ0n) is 11.1. The Hall–Kier alpha value is -2.03. The molecule has 8 heteroatoms. The van der Waals surface area contributed by atoms with Crippen LogP contribution in [0.25, 0.3) is 10.9 Å². The normalized spacial score (nSPS) is 11.5. The van der Waals surface area contributed by atoms with E-state index in [9.17, 15) is 8.42 Å². The Morgan fingerprint density at radius 2 is 1.91 bits per heavy atom. The van der Waals surface area contributed by atoms with E-state index < -0.39 is 10.1 Å². The molecule has 3 aromatic rings. The highest BCUT2D eigenvalue weighted by atomic mass is 79.9. The van der Waals surface area contributed by atoms with Crippen molar-refractivity contribution in [2.24, 2.45) is 0 Å². The van der Waals surface area contributed by atoms with Crippen molar-refractivity contribution in [3.8, 4) is 0 Å². The van der Waals surface area contributed by atoms with Gasteiger partial charge in [-0.25, -0.2) is 9.97 Å². The molecule has 0 aliphatic carbocycles. The molecule has 2 aromatic carbocycles. The van der Waals surface area contributed by atoms with Gasteiger partial charge < -0.3 is 5.32 Å². The Balaban J connectivity index is 2.05. The molecule has 1 aromatic heterocycles. The quantitative estimate of drug-likeness (QED) is 0.677. The SMILES string of the molecule is O=S(=O)(O)c1cccc(Nc2ncnc3ccc(Br)cc23)c1. The maximum atomic E-state index is 11.2. The minimum absolute atomic E-state index is 0.183. The van der Waals surface area contributed by atoms with E-state index in [0.29, 0.717) is 11.5 Å². The Kier molecular flexibility index (Phi) is 3.81. The zero-order valence-corrected chi connectivity index (χ0v) is 13.5. The average Bonchev–Trinajstić information content (AvgIpc) is 2.47. The molecule has 22 heavy (non-hydrogen) atoms. The van der Waals surface area contributed by atoms with Crippen LogP contribution in [0.4, 0.5) is 11.5 Å². The van der Waals surface area contributed by atoms with Crippen molar-refractivity contribution in [1.82, 2.24) is 9.97 Å². The molecular weight excluding hydrogens is 370 g/mol. The van der Waals surface area contributed by atoms with Crippen molar-refractivity contribution in [2.45, 2.75) is 4.90 Å². The van der Waals surface area contributed by atoms with Crippen LogP contribution < -0.4 is 5.32 Å². The summed E-state index contributed by atoms with van der Waals surface area (Å²) >= 11 is 3.39. The van der Waals surface area contributed by atoms with Crippen molar-refractivity contribution >= 4 is 48.5 Å². The molecule has 0 atom stereocenters. The second-order valence-electron chi connectivity index (χ2n) is 4.51. The van der Waals surface area contributed by atoms with Crippen molar-refractivity contribution < 1.29 is 13.0 Å². The largest absolute Gasteiger partial charge is 0.340 e. The minimum Gasteiger partial charge on any atom is -0.340 e. The molecule has 2 N–H and O–H groups in total. The van der Waals surface area contributed by atoms with Gasteiger partial charge in [-0.1, -0.05) is 22.0 Å². The summed E-state index contributed by atoms with van der Waals surface area (Å²) in [5.41, 5.74) is 1.25. The molecule has 112 valence electrons. The van der Waals surface area contributed by atoms with Crippen LogP contribution in [0.2, 0.25) is 0 Å². The van der Waals surface area contributed by atoms with Gasteiger partial charge in [0.05, 0.1) is 10.4 Å². The van der Waals surface area contributed by atoms with Gasteiger partial charge in [0.1, 0.15) is 12.1 Å². The summed E-state index contributed by atoms with van der Waals surface area (Å²) in [5.74, 6) is 0.541. The van der Waals surface area contributed by atoms with Crippen molar-refractivity contribution in [3.63, 3.8) is 0 Å². The third-order valence-electron chi connectivity index (χ3n) is 2.99. The molecular formula is C14H10BrN3O3S. The van der Waals surface area contributed by atoms with Gasteiger partial charge in [0.2, 0.25) is 0 Å². The fraction of sp³-hybridized carbons (Fsp3) is 0. The molecule has 0 aliphatic rings. The summed E-state index contributed by atoms with van der Waals surface area (Å²) in [6, 6.07) is 11.4. The van der Waals surface area contributed by atoms with E-state index in [1.807, 2.05) is 18.2 Å². The molecule has 0 aliphatic heterocycles. The molecule has 3 rings (SSSR count). The maximum Gasteiger partial charge on any atom is 0.294 e. The highest BCUT2D eigenvalue weighted by Crippen LogP contribution is 2.26. The number of benzene rings is 2. The molecule has 0 spiro atoms. The lowest BCUT2D eigenvalue weighted by Crippen LogP contribution is -2.00. The molecule has 0 saturated carbocycles. The number of nitrogens with zero attached hydrogens (tertiary/aromatic N) is 2. The van der Waals surface area contributed by atoms with Crippen LogP contribution in [-0.4, -0.2) is 22.9 Å². The van der Waals surface area contributed by atoms with Crippen molar-refractivity contribution in [1.29, 1.82) is 0 Å². The predicted molar refractivity (Wildman–Crippen MR) is 86.8 cm³/mol. The Labute approximate surface area is 135 Å². The van der Waals surface area contributed by atoms with Crippen LogP contribution in [-0.2, 0) is 10.1 Å². The van der Waals surface area contributed by atoms with E-state index in [1.165, 1.54) is 24.5 Å². The highest BCUT2D eigenvalue weighted by Gasteiger charge is 2.11. The van der Waals surface area contributed by atoms with Gasteiger partial charge in [0.25, 0.3) is 10.1 Å². The lowest BCUT2D eigenvalue weighted by Gasteiger charge is -2.09. The number of rotatable bonds is 3. The van der Waals surface area contributed by atoms with Gasteiger partial charge in [-0.2, -0.15) is 8.42 Å². The number of halogens is 1. The molecule has 0 amide bonds. The molecule has 6 nitrogen and oxygen atoms in total. The summed E-state index contributed by atoms with van der Waals surface area (Å²) in [5, 5.41) is 3.83. The first-order valence-electron chi connectivity index (χ1n) is 6.18. The molecule has 0 fully saturated rings. The molecule has 0 unspecified atom stereocenters. The second-order valence-corrected chi connectivity index (χ2v) is 6.85. The number of hydrogen-bond acceptors (Lipinski definition) is 5. The minimum atomic E-state index is -4.25. The average molecular weight is 380 g/mol. The van der Waals surface area contributed by atoms with E-state index in [2.05, 4.69) is 31.2 Å². The maximum absolute atomic E-state index is 11.2. The first kappa shape index (κ1) is 14.9. The third-order valence-corrected chi connectivity index (χ3v) is 4.33. The molecule has 1 heterocycles. The van der Waals surface area contributed by atoms with Crippen LogP contribution in [0.15, 0.2) is 58.2 Å². The number of anilines is 2. The summed E-state index contributed by atoms with van der Waals surface area (Å²) in [6.07, 6.45) is 1.42. The topological polar surface area (TPSA) is 92.2 Å². The van der Waals surface area contributed by atoms with E-state index in [0.717, 1.165) is 15.4 Å². The van der Waals surface area contributed by atoms with Crippen LogP contribution in [0.3, 0.4) is 0 Å². The van der Waals surface area contributed by atoms with Crippen molar-refractivity contribution in [2.75, 3.05) is 5.32 Å². The standard InChI is InChI=1S/C14H10BrN3O3S/c15-9-4-5-13-12(6-9)14(17-8-16-13)18-10-2-1-3-11(7-10)22(19,20)21/h1-8H,(H,16,17,18)(H,19,20,21). The first-order chi connectivity index (χ1) is 10.4. The lowest BCUT2D eigenvalue weighted by molar-refractivity contribution is 0.483. The zero-order chi connectivity index (χ0) is 15.7. The van der Waals surface area contributed by atoms with E-state index in [-0.39, 0.29) is 4.90 Å². The summed E-state index contributed by atoms with van der Waals surface area (Å²) in [4.78, 5) is 8.17. The van der Waals surface area contributed by atoms with E-state index in [4.69, 9.17) is 4.55 Å². The van der Waals surface area contributed by atoms with Crippen LogP contribution in [0, 0.1) is 0 Å². The number of hydrogen-bond donors (Lipinski definition) is 2. The number of nitrogens with one attached hydrogen (secondary N) is 1. The van der Waals surface area contributed by atoms with Crippen LogP contribution >= 0.6 is 15.9 Å². The summed E-state index contributed by atoms with van der Waals surface area (Å²) in [7, 11) is -4.25. The predicted octanol–water partition coefficient (Wildman–Crippen LogP) is 3.38. The van der Waals surface area contributed by atoms with Crippen LogP contribution in [0.5, 0.6) is 0 Å². The fourth-order valence-electron chi connectivity index (χ4n) is 2.00. The number of aromatic nitrogens is 2. The van der Waals surface area contributed by atoms with E-state index >= 15 is 0 Å². The van der Waals surface area contributed by atoms with Gasteiger partial charge in [-0.05, 0) is 36.4 Å². The Morgan fingerprint density at radius 3 is 2.68 bits per heavy atom. The van der Waals surface area contributed by atoms with Gasteiger partial charge in [0.15, 0.2) is 0 Å². The van der Waals surface area contributed by atoms with E-state index in [1.54, 1.807) is 6.07 Å². The van der Waals surface area contributed by atoms with Gasteiger partial charge in [-0.3, -0.25) is 4.55 Å². The van der Waals surface area contributed by atoms with Gasteiger partial charge in [-0.15, -0.1) is 0 Å².